The minimum atomic E-state index is -5.08. The Hall–Kier alpha value is -5.40. The van der Waals surface area contributed by atoms with Crippen LogP contribution >= 0.6 is 11.6 Å². The molecule has 1 aromatic carbocycles. The van der Waals surface area contributed by atoms with Gasteiger partial charge in [0.2, 0.25) is 11.9 Å². The molecule has 14 nitrogen and oxygen atoms in total. The highest BCUT2D eigenvalue weighted by atomic mass is 35.5. The highest BCUT2D eigenvalue weighted by Crippen LogP contribution is 2.29. The van der Waals surface area contributed by atoms with Crippen LogP contribution in [0.3, 0.4) is 0 Å². The Morgan fingerprint density at radius 3 is 2.07 bits per heavy atom. The van der Waals surface area contributed by atoms with Gasteiger partial charge in [0.15, 0.2) is 5.82 Å². The van der Waals surface area contributed by atoms with E-state index < -0.39 is 29.9 Å². The average Bonchev–Trinajstić information content (AvgIpc) is 3.08. The predicted molar refractivity (Wildman–Crippen MR) is 186 cm³/mol. The van der Waals surface area contributed by atoms with Crippen molar-refractivity contribution in [1.82, 2.24) is 24.8 Å². The zero-order valence-electron chi connectivity index (χ0n) is 29.9. The second kappa shape index (κ2) is 18.3. The molecule has 0 unspecified atom stereocenters. The van der Waals surface area contributed by atoms with Crippen molar-refractivity contribution in [3.63, 3.8) is 0 Å². The van der Waals surface area contributed by atoms with Crippen LogP contribution < -0.4 is 10.6 Å². The highest BCUT2D eigenvalue weighted by molar-refractivity contribution is 6.32. The zero-order chi connectivity index (χ0) is 41.3. The second-order valence-corrected chi connectivity index (χ2v) is 13.7. The van der Waals surface area contributed by atoms with Crippen LogP contribution in [0.2, 0.25) is 5.02 Å². The quantitative estimate of drug-likeness (QED) is 0.199. The van der Waals surface area contributed by atoms with Crippen molar-refractivity contribution in [1.29, 1.82) is 0 Å². The first kappa shape index (κ1) is 44.0. The molecule has 5 rings (SSSR count). The summed E-state index contributed by atoms with van der Waals surface area (Å²) < 4.78 is 69.0. The van der Waals surface area contributed by atoms with Crippen LogP contribution in [0.15, 0.2) is 42.9 Å². The van der Waals surface area contributed by atoms with Crippen molar-refractivity contribution in [2.45, 2.75) is 71.0 Å². The molecule has 0 aliphatic carbocycles. The molecule has 1 saturated heterocycles. The lowest BCUT2D eigenvalue weighted by atomic mass is 9.94. The summed E-state index contributed by atoms with van der Waals surface area (Å²) in [5, 5.41) is 21.2. The van der Waals surface area contributed by atoms with E-state index in [1.807, 2.05) is 46.1 Å². The molecule has 0 atom stereocenters. The number of nitrogens with one attached hydrogen (secondary N) is 2. The summed E-state index contributed by atoms with van der Waals surface area (Å²) >= 11 is 6.40. The number of fused-ring (bicyclic) bond motifs is 6. The van der Waals surface area contributed by atoms with Gasteiger partial charge in [-0.2, -0.15) is 31.3 Å². The molecule has 4 N–H and O–H groups in total. The fraction of sp³-hybridized carbons (Fsp3) is 0.441. The highest BCUT2D eigenvalue weighted by Gasteiger charge is 2.39. The molecule has 6 bridgehead atoms. The fourth-order valence-corrected chi connectivity index (χ4v) is 5.26. The van der Waals surface area contributed by atoms with E-state index in [0.29, 0.717) is 49.3 Å². The number of carbonyl (C=O) groups is 4. The molecule has 300 valence electrons. The topological polar surface area (TPSA) is 187 Å². The number of hydrogen-bond donors (Lipinski definition) is 4. The average molecular weight is 806 g/mol. The van der Waals surface area contributed by atoms with Gasteiger partial charge in [-0.15, -0.1) is 0 Å². The Morgan fingerprint density at radius 1 is 0.909 bits per heavy atom. The molecule has 1 fully saturated rings. The number of nitrogens with zero attached hydrogens (tertiary/aromatic N) is 5. The normalized spacial score (nSPS) is 14.3. The van der Waals surface area contributed by atoms with Gasteiger partial charge in [-0.25, -0.2) is 19.4 Å². The zero-order valence-corrected chi connectivity index (χ0v) is 30.6. The summed E-state index contributed by atoms with van der Waals surface area (Å²) in [5.41, 5.74) is 4.38. The van der Waals surface area contributed by atoms with Crippen molar-refractivity contribution >= 4 is 58.7 Å². The number of ether oxygens (including phenoxy) is 1. The fourth-order valence-electron chi connectivity index (χ4n) is 5.12. The molecule has 0 radical (unpaired) electrons. The van der Waals surface area contributed by atoms with Crippen LogP contribution in [0.25, 0.3) is 0 Å². The molecule has 4 heterocycles. The van der Waals surface area contributed by atoms with E-state index in [0.717, 1.165) is 40.9 Å². The summed E-state index contributed by atoms with van der Waals surface area (Å²) in [6.45, 7) is 7.08. The van der Waals surface area contributed by atoms with E-state index in [2.05, 4.69) is 37.7 Å². The van der Waals surface area contributed by atoms with E-state index in [1.54, 1.807) is 22.2 Å². The van der Waals surface area contributed by atoms with E-state index >= 15 is 0 Å². The number of aromatic nitrogens is 3. The number of carbonyl (C=O) groups excluding carboxylic acids is 2. The van der Waals surface area contributed by atoms with Crippen LogP contribution in [-0.4, -0.2) is 97.0 Å². The van der Waals surface area contributed by atoms with E-state index in [-0.39, 0.29) is 17.9 Å². The van der Waals surface area contributed by atoms with E-state index in [9.17, 15) is 35.9 Å². The monoisotopic (exact) mass is 805 g/mol. The first-order valence-corrected chi connectivity index (χ1v) is 16.8. The standard InChI is InChI=1S/C30H36ClN7O3.2C2HF3O2/c1-30(2,3)41-29(40)38-11-9-20(10-12-38)27(39)37(4)18-22-7-8-23-14-21(22)6-5-19-13-24(16-32-15-19)35-28-33-17-25(31)26(34-23)36-28;2*3-2(4,5)1(6)7/h7-8,13-17,20H,5-6,9-12,18H2,1-4H3,(H2,33,34,35,36);2*(H,6,7). The number of amides is 2. The molecule has 2 aliphatic heterocycles. The van der Waals surface area contributed by atoms with E-state index in [1.165, 1.54) is 0 Å². The van der Waals surface area contributed by atoms with Gasteiger partial charge in [-0.1, -0.05) is 17.7 Å². The summed E-state index contributed by atoms with van der Waals surface area (Å²) in [6.07, 6.45) is -2.54. The molecule has 3 aromatic rings. The number of hydrogen-bond acceptors (Lipinski definition) is 10. The number of aliphatic carboxylic acids is 2. The van der Waals surface area contributed by atoms with E-state index in [4.69, 9.17) is 36.1 Å². The van der Waals surface area contributed by atoms with Gasteiger partial charge >= 0.3 is 30.4 Å². The van der Waals surface area contributed by atoms with Crippen LogP contribution in [0.1, 0.15) is 50.3 Å². The van der Waals surface area contributed by atoms with Crippen molar-refractivity contribution in [2.75, 3.05) is 30.8 Å². The van der Waals surface area contributed by atoms with Gasteiger partial charge in [0.1, 0.15) is 10.6 Å². The number of carboxylic acid groups (broad SMARTS) is 2. The number of benzene rings is 1. The van der Waals surface area contributed by atoms with Gasteiger partial charge in [-0.3, -0.25) is 9.78 Å². The number of anilines is 4. The predicted octanol–water partition coefficient (Wildman–Crippen LogP) is 6.98. The number of carboxylic acids is 2. The van der Waals surface area contributed by atoms with Gasteiger partial charge in [0.25, 0.3) is 0 Å². The molecule has 2 aliphatic rings. The number of alkyl halides is 6. The Balaban J connectivity index is 0.000000494. The van der Waals surface area contributed by atoms with Gasteiger partial charge < -0.3 is 35.4 Å². The number of aryl methyl sites for hydroxylation is 2. The minimum absolute atomic E-state index is 0.0937. The van der Waals surface area contributed by atoms with Crippen molar-refractivity contribution < 1.29 is 60.5 Å². The number of rotatable bonds is 3. The minimum Gasteiger partial charge on any atom is -0.475 e. The van der Waals surface area contributed by atoms with Crippen molar-refractivity contribution in [3.05, 3.63) is 64.6 Å². The molecular formula is C34H38ClF6N7O7. The van der Waals surface area contributed by atoms with Crippen LogP contribution in [-0.2, 0) is 38.5 Å². The summed E-state index contributed by atoms with van der Waals surface area (Å²) in [4.78, 5) is 60.4. The summed E-state index contributed by atoms with van der Waals surface area (Å²) in [5.74, 6) is -4.63. The summed E-state index contributed by atoms with van der Waals surface area (Å²) in [6, 6.07) is 8.16. The SMILES string of the molecule is CN(Cc1ccc2cc1CCc1cncc(c1)Nc1ncc(Cl)c(n1)N2)C(=O)C1CCN(C(=O)OC(C)(C)C)CC1.O=C(O)C(F)(F)F.O=C(O)C(F)(F)F. The van der Waals surface area contributed by atoms with Crippen molar-refractivity contribution in [2.24, 2.45) is 5.92 Å². The third kappa shape index (κ3) is 14.1. The number of pyridine rings is 1. The number of likely N-dealkylation sites (tertiary alicyclic amines) is 1. The number of piperidine rings is 1. The van der Waals surface area contributed by atoms with Crippen LogP contribution in [0, 0.1) is 5.92 Å². The van der Waals surface area contributed by atoms with Gasteiger partial charge in [0, 0.05) is 44.5 Å². The van der Waals surface area contributed by atoms with Crippen LogP contribution in [0.4, 0.5) is 54.3 Å². The molecule has 0 saturated carbocycles. The first-order chi connectivity index (χ1) is 25.4. The Kier molecular flexibility index (Phi) is 14.6. The smallest absolute Gasteiger partial charge is 0.475 e. The largest absolute Gasteiger partial charge is 0.490 e. The van der Waals surface area contributed by atoms with Gasteiger partial charge in [0.05, 0.1) is 18.1 Å². The lowest BCUT2D eigenvalue weighted by molar-refractivity contribution is -0.193. The van der Waals surface area contributed by atoms with Crippen molar-refractivity contribution in [3.8, 4) is 0 Å². The maximum absolute atomic E-state index is 13.4. The maximum atomic E-state index is 13.4. The Morgan fingerprint density at radius 2 is 1.51 bits per heavy atom. The second-order valence-electron chi connectivity index (χ2n) is 13.2. The van der Waals surface area contributed by atoms with Gasteiger partial charge in [-0.05, 0) is 81.3 Å². The number of halogens is 7. The third-order valence-electron chi connectivity index (χ3n) is 7.71. The maximum Gasteiger partial charge on any atom is 0.490 e. The molecule has 2 amide bonds. The molecule has 0 spiro atoms. The Labute approximate surface area is 315 Å². The van der Waals surface area contributed by atoms with Crippen LogP contribution in [0.5, 0.6) is 0 Å². The lowest BCUT2D eigenvalue weighted by Gasteiger charge is -2.34. The molecule has 55 heavy (non-hydrogen) atoms. The molecule has 2 aromatic heterocycles. The summed E-state index contributed by atoms with van der Waals surface area (Å²) in [7, 11) is 1.85. The lowest BCUT2D eigenvalue weighted by Crippen LogP contribution is -2.45. The molecular weight excluding hydrogens is 768 g/mol. The Bertz CT molecular complexity index is 1830. The first-order valence-electron chi connectivity index (χ1n) is 16.4. The third-order valence-corrected chi connectivity index (χ3v) is 7.99. The molecule has 21 heteroatoms.